The van der Waals surface area contributed by atoms with E-state index in [1.165, 1.54) is 0 Å². The first-order valence-corrected chi connectivity index (χ1v) is 4.65. The maximum atomic E-state index is 11.5. The summed E-state index contributed by atoms with van der Waals surface area (Å²) in [7, 11) is 1.56. The number of carbonyl (C=O) groups excluding carboxylic acids is 2. The van der Waals surface area contributed by atoms with E-state index in [4.69, 9.17) is 4.74 Å². The number of ether oxygens (including phenoxy) is 1. The molecule has 80 valence electrons. The Bertz CT molecular complexity index is 248. The molecule has 2 amide bonds. The normalized spacial score (nSPS) is 26.9. The van der Waals surface area contributed by atoms with Crippen molar-refractivity contribution in [3.05, 3.63) is 0 Å². The molecule has 5 nitrogen and oxygen atoms in total. The van der Waals surface area contributed by atoms with Gasteiger partial charge in [0.15, 0.2) is 0 Å². The van der Waals surface area contributed by atoms with Gasteiger partial charge in [0.1, 0.15) is 6.04 Å². The number of carbonyl (C=O) groups is 2. The van der Waals surface area contributed by atoms with Crippen molar-refractivity contribution in [2.75, 3.05) is 13.7 Å². The van der Waals surface area contributed by atoms with Gasteiger partial charge < -0.3 is 4.74 Å². The molecule has 0 spiro atoms. The SMILES string of the molecule is CCC(C)(OC)C1NCC(=O)NC1=O. The van der Waals surface area contributed by atoms with Gasteiger partial charge in [-0.3, -0.25) is 20.2 Å². The predicted molar refractivity (Wildman–Crippen MR) is 50.6 cm³/mol. The van der Waals surface area contributed by atoms with Crippen molar-refractivity contribution in [3.8, 4) is 0 Å². The predicted octanol–water partition coefficient (Wildman–Crippen LogP) is -0.584. The average Bonchev–Trinajstić information content (AvgIpc) is 2.17. The minimum Gasteiger partial charge on any atom is -0.376 e. The zero-order valence-electron chi connectivity index (χ0n) is 8.72. The fourth-order valence-corrected chi connectivity index (χ4v) is 1.50. The summed E-state index contributed by atoms with van der Waals surface area (Å²) in [6, 6.07) is -0.463. The highest BCUT2D eigenvalue weighted by molar-refractivity contribution is 6.01. The van der Waals surface area contributed by atoms with E-state index in [1.807, 2.05) is 13.8 Å². The van der Waals surface area contributed by atoms with Crippen molar-refractivity contribution in [1.82, 2.24) is 10.6 Å². The van der Waals surface area contributed by atoms with Crippen LogP contribution < -0.4 is 10.6 Å². The highest BCUT2D eigenvalue weighted by Gasteiger charge is 2.40. The number of hydrogen-bond acceptors (Lipinski definition) is 4. The lowest BCUT2D eigenvalue weighted by Gasteiger charge is -2.37. The largest absolute Gasteiger partial charge is 0.376 e. The Morgan fingerprint density at radius 3 is 2.64 bits per heavy atom. The number of rotatable bonds is 3. The third-order valence-corrected chi connectivity index (χ3v) is 2.77. The molecule has 1 heterocycles. The first-order valence-electron chi connectivity index (χ1n) is 4.65. The second-order valence-corrected chi connectivity index (χ2v) is 3.60. The summed E-state index contributed by atoms with van der Waals surface area (Å²) in [4.78, 5) is 22.4. The second kappa shape index (κ2) is 4.06. The molecular weight excluding hydrogens is 184 g/mol. The lowest BCUT2D eigenvalue weighted by atomic mass is 9.91. The highest BCUT2D eigenvalue weighted by atomic mass is 16.5. The van der Waals surface area contributed by atoms with Gasteiger partial charge in [0.25, 0.3) is 0 Å². The van der Waals surface area contributed by atoms with Crippen LogP contribution in [0.25, 0.3) is 0 Å². The fourth-order valence-electron chi connectivity index (χ4n) is 1.50. The van der Waals surface area contributed by atoms with Crippen molar-refractivity contribution in [1.29, 1.82) is 0 Å². The number of hydrogen-bond donors (Lipinski definition) is 2. The van der Waals surface area contributed by atoms with Gasteiger partial charge in [-0.15, -0.1) is 0 Å². The molecule has 1 rings (SSSR count). The van der Waals surface area contributed by atoms with E-state index in [1.54, 1.807) is 7.11 Å². The van der Waals surface area contributed by atoms with Crippen molar-refractivity contribution >= 4 is 11.8 Å². The van der Waals surface area contributed by atoms with Crippen LogP contribution in [0.1, 0.15) is 20.3 Å². The molecule has 14 heavy (non-hydrogen) atoms. The Labute approximate surface area is 83.2 Å². The molecule has 1 aliphatic rings. The summed E-state index contributed by atoms with van der Waals surface area (Å²) in [5.74, 6) is -0.603. The number of nitrogens with one attached hydrogen (secondary N) is 2. The molecule has 2 N–H and O–H groups in total. The van der Waals surface area contributed by atoms with Crippen molar-refractivity contribution in [3.63, 3.8) is 0 Å². The molecule has 0 aromatic heterocycles. The Morgan fingerprint density at radius 1 is 1.57 bits per heavy atom. The number of methoxy groups -OCH3 is 1. The van der Waals surface area contributed by atoms with Crippen LogP contribution in [0.15, 0.2) is 0 Å². The maximum absolute atomic E-state index is 11.5. The number of amides is 2. The first-order chi connectivity index (χ1) is 6.53. The van der Waals surface area contributed by atoms with E-state index in [0.29, 0.717) is 6.42 Å². The fraction of sp³-hybridized carbons (Fsp3) is 0.778. The zero-order chi connectivity index (χ0) is 10.8. The molecule has 1 aliphatic heterocycles. The number of piperazine rings is 1. The Hall–Kier alpha value is -0.940. The van der Waals surface area contributed by atoms with Gasteiger partial charge in [0.05, 0.1) is 12.1 Å². The summed E-state index contributed by atoms with van der Waals surface area (Å²) in [5.41, 5.74) is -0.565. The molecular formula is C9H16N2O3. The standard InChI is InChI=1S/C9H16N2O3/c1-4-9(2,14-3)7-8(13)11-6(12)5-10-7/h7,10H,4-5H2,1-3H3,(H,11,12,13). The summed E-state index contributed by atoms with van der Waals surface area (Å²) in [6.45, 7) is 3.95. The first kappa shape index (κ1) is 11.1. The monoisotopic (exact) mass is 200 g/mol. The Balaban J connectivity index is 2.77. The lowest BCUT2D eigenvalue weighted by molar-refractivity contribution is -0.141. The molecule has 0 saturated carbocycles. The van der Waals surface area contributed by atoms with Gasteiger partial charge in [0.2, 0.25) is 11.8 Å². The van der Waals surface area contributed by atoms with Crippen LogP contribution >= 0.6 is 0 Å². The average molecular weight is 200 g/mol. The number of imide groups is 1. The highest BCUT2D eigenvalue weighted by Crippen LogP contribution is 2.20. The molecule has 1 fully saturated rings. The van der Waals surface area contributed by atoms with Crippen LogP contribution in [0.3, 0.4) is 0 Å². The summed E-state index contributed by atoms with van der Waals surface area (Å²) >= 11 is 0. The minimum absolute atomic E-state index is 0.162. The Kier molecular flexibility index (Phi) is 3.23. The van der Waals surface area contributed by atoms with Crippen molar-refractivity contribution < 1.29 is 14.3 Å². The van der Waals surface area contributed by atoms with Gasteiger partial charge >= 0.3 is 0 Å². The van der Waals surface area contributed by atoms with Gasteiger partial charge in [-0.2, -0.15) is 0 Å². The second-order valence-electron chi connectivity index (χ2n) is 3.60. The molecule has 0 bridgehead atoms. The Morgan fingerprint density at radius 2 is 2.21 bits per heavy atom. The van der Waals surface area contributed by atoms with Crippen molar-refractivity contribution in [2.24, 2.45) is 0 Å². The molecule has 2 unspecified atom stereocenters. The van der Waals surface area contributed by atoms with Crippen LogP contribution in [-0.2, 0) is 14.3 Å². The van der Waals surface area contributed by atoms with Gasteiger partial charge in [-0.1, -0.05) is 6.92 Å². The molecule has 1 saturated heterocycles. The van der Waals surface area contributed by atoms with Crippen LogP contribution in [0.2, 0.25) is 0 Å². The van der Waals surface area contributed by atoms with Gasteiger partial charge in [-0.05, 0) is 13.3 Å². The lowest BCUT2D eigenvalue weighted by Crippen LogP contribution is -2.64. The molecule has 0 aliphatic carbocycles. The van der Waals surface area contributed by atoms with Crippen LogP contribution in [0, 0.1) is 0 Å². The quantitative estimate of drug-likeness (QED) is 0.598. The van der Waals surface area contributed by atoms with E-state index in [9.17, 15) is 9.59 Å². The molecule has 0 radical (unpaired) electrons. The van der Waals surface area contributed by atoms with E-state index in [-0.39, 0.29) is 18.4 Å². The van der Waals surface area contributed by atoms with E-state index >= 15 is 0 Å². The molecule has 0 aromatic rings. The third kappa shape index (κ3) is 1.93. The van der Waals surface area contributed by atoms with Gasteiger partial charge in [0, 0.05) is 7.11 Å². The summed E-state index contributed by atoms with van der Waals surface area (Å²) < 4.78 is 5.30. The van der Waals surface area contributed by atoms with E-state index in [0.717, 1.165) is 0 Å². The van der Waals surface area contributed by atoms with Crippen molar-refractivity contribution in [2.45, 2.75) is 31.9 Å². The van der Waals surface area contributed by atoms with Crippen LogP contribution in [-0.4, -0.2) is 37.1 Å². The topological polar surface area (TPSA) is 67.4 Å². The van der Waals surface area contributed by atoms with Crippen LogP contribution in [0.4, 0.5) is 0 Å². The zero-order valence-corrected chi connectivity index (χ0v) is 8.72. The maximum Gasteiger partial charge on any atom is 0.246 e. The van der Waals surface area contributed by atoms with E-state index in [2.05, 4.69) is 10.6 Å². The van der Waals surface area contributed by atoms with E-state index < -0.39 is 11.6 Å². The molecule has 2 atom stereocenters. The molecule has 5 heteroatoms. The summed E-state index contributed by atoms with van der Waals surface area (Å²) in [5, 5.41) is 5.16. The van der Waals surface area contributed by atoms with Crippen LogP contribution in [0.5, 0.6) is 0 Å². The minimum atomic E-state index is -0.565. The molecule has 0 aromatic carbocycles. The third-order valence-electron chi connectivity index (χ3n) is 2.77. The smallest absolute Gasteiger partial charge is 0.246 e. The van der Waals surface area contributed by atoms with Gasteiger partial charge in [-0.25, -0.2) is 0 Å². The summed E-state index contributed by atoms with van der Waals surface area (Å²) in [6.07, 6.45) is 0.697.